The van der Waals surface area contributed by atoms with Crippen LogP contribution in [-0.4, -0.2) is 96.7 Å². The van der Waals surface area contributed by atoms with Gasteiger partial charge in [-0.15, -0.1) is 0 Å². The number of carbonyl (C=O) groups excluding carboxylic acids is 4. The molecule has 0 heterocycles. The van der Waals surface area contributed by atoms with E-state index < -0.39 is 97.5 Å². The van der Waals surface area contributed by atoms with Gasteiger partial charge in [-0.05, 0) is 51.4 Å². The first-order valence-electron chi connectivity index (χ1n) is 39.6. The Balaban J connectivity index is 5.27. The highest BCUT2D eigenvalue weighted by Crippen LogP contribution is 2.45. The summed E-state index contributed by atoms with van der Waals surface area (Å²) in [5, 5.41) is 10.6. The van der Waals surface area contributed by atoms with E-state index in [4.69, 9.17) is 37.0 Å². The number of aliphatic hydroxyl groups is 1. The van der Waals surface area contributed by atoms with Crippen LogP contribution in [0.15, 0.2) is 24.3 Å². The van der Waals surface area contributed by atoms with Crippen LogP contribution in [0.4, 0.5) is 0 Å². The number of phosphoric acid groups is 2. The van der Waals surface area contributed by atoms with E-state index in [1.54, 1.807) is 0 Å². The van der Waals surface area contributed by atoms with Gasteiger partial charge in [0.2, 0.25) is 0 Å². The van der Waals surface area contributed by atoms with Gasteiger partial charge < -0.3 is 33.8 Å². The van der Waals surface area contributed by atoms with Gasteiger partial charge in [0.05, 0.1) is 26.4 Å². The molecular weight excluding hydrogens is 1260 g/mol. The topological polar surface area (TPSA) is 237 Å². The Bertz CT molecular complexity index is 1920. The largest absolute Gasteiger partial charge is 0.472 e. The van der Waals surface area contributed by atoms with Crippen molar-refractivity contribution < 1.29 is 80.2 Å². The molecule has 0 fully saturated rings. The molecule has 19 heteroatoms. The van der Waals surface area contributed by atoms with Crippen LogP contribution in [0.3, 0.4) is 0 Å². The molecule has 0 aromatic heterocycles. The number of hydrogen-bond acceptors (Lipinski definition) is 15. The zero-order valence-electron chi connectivity index (χ0n) is 61.8. The third-order valence-corrected chi connectivity index (χ3v) is 19.3. The van der Waals surface area contributed by atoms with Crippen molar-refractivity contribution in [3.05, 3.63) is 24.3 Å². The smallest absolute Gasteiger partial charge is 0.462 e. The molecule has 0 saturated heterocycles. The Morgan fingerprint density at radius 3 is 0.812 bits per heavy atom. The summed E-state index contributed by atoms with van der Waals surface area (Å²) in [5.41, 5.74) is 0. The molecule has 0 aromatic carbocycles. The second-order valence-electron chi connectivity index (χ2n) is 27.0. The maximum absolute atomic E-state index is 13.1. The number of esters is 4. The molecule has 5 unspecified atom stereocenters. The molecule has 0 spiro atoms. The third kappa shape index (κ3) is 70.0. The maximum atomic E-state index is 13.1. The van der Waals surface area contributed by atoms with Gasteiger partial charge in [0.1, 0.15) is 19.3 Å². The molecule has 0 aromatic rings. The number of allylic oxidation sites excluding steroid dienone is 4. The average Bonchev–Trinajstić information content (AvgIpc) is 1.15. The van der Waals surface area contributed by atoms with Crippen LogP contribution in [0.1, 0.15) is 387 Å². The Morgan fingerprint density at radius 1 is 0.292 bits per heavy atom. The van der Waals surface area contributed by atoms with Crippen molar-refractivity contribution >= 4 is 39.5 Å². The Morgan fingerprint density at radius 2 is 0.531 bits per heavy atom. The standard InChI is InChI=1S/C77H146O17P2/c1-5-9-13-17-21-25-29-33-35-39-41-45-49-53-57-61-74(79)87-67-72(93-76(81)63-59-55-51-47-43-37-31-27-23-19-15-11-7-3)69-91-95(83,84)89-65-71(78)66-90-96(85,86)92-70-73(94-77(82)64-60-56-52-48-44-38-32-28-24-20-16-12-8-4)68-88-75(80)62-58-54-50-46-42-40-36-34-30-26-22-18-14-10-6-2/h15,19,27,31,71-73,78H,5-14,16-18,20-26,28-30,32-70H2,1-4H3,(H,83,84)(H,85,86)/b19-15-,31-27-. The van der Waals surface area contributed by atoms with Gasteiger partial charge in [0, 0.05) is 25.7 Å². The van der Waals surface area contributed by atoms with E-state index in [1.807, 2.05) is 0 Å². The predicted octanol–water partition coefficient (Wildman–Crippen LogP) is 22.6. The fourth-order valence-electron chi connectivity index (χ4n) is 11.4. The van der Waals surface area contributed by atoms with Gasteiger partial charge in [0.15, 0.2) is 12.2 Å². The Kier molecular flexibility index (Phi) is 69.1. The SMILES string of the molecule is CCC/C=C\C/C=C\CCCCCCCC(=O)OC(COC(=O)CCCCCCCCCCCCCCCCC)COP(=O)(O)OCC(O)COP(=O)(O)OCC(COC(=O)CCCCCCCCCCCCCCCCC)OC(=O)CCCCCCCCCCCCCCC. The fraction of sp³-hybridized carbons (Fsp3) is 0.896. The average molecular weight is 1410 g/mol. The fourth-order valence-corrected chi connectivity index (χ4v) is 13.0. The van der Waals surface area contributed by atoms with Crippen molar-refractivity contribution in [2.24, 2.45) is 0 Å². The van der Waals surface area contributed by atoms with Crippen LogP contribution in [0, 0.1) is 0 Å². The van der Waals surface area contributed by atoms with Crippen LogP contribution >= 0.6 is 15.6 Å². The highest BCUT2D eigenvalue weighted by Gasteiger charge is 2.30. The lowest BCUT2D eigenvalue weighted by molar-refractivity contribution is -0.161. The summed E-state index contributed by atoms with van der Waals surface area (Å²) < 4.78 is 68.5. The molecule has 0 aliphatic rings. The summed E-state index contributed by atoms with van der Waals surface area (Å²) in [6.45, 7) is 4.90. The molecular formula is C77H146O17P2. The molecule has 0 rings (SSSR count). The summed E-state index contributed by atoms with van der Waals surface area (Å²) in [5.74, 6) is -2.14. The van der Waals surface area contributed by atoms with Gasteiger partial charge in [-0.1, -0.05) is 335 Å². The van der Waals surface area contributed by atoms with E-state index >= 15 is 0 Å². The van der Waals surface area contributed by atoms with E-state index in [2.05, 4.69) is 52.0 Å². The number of rotatable bonds is 76. The number of phosphoric ester groups is 2. The van der Waals surface area contributed by atoms with Crippen LogP contribution in [-0.2, 0) is 65.4 Å². The molecule has 0 aliphatic heterocycles. The van der Waals surface area contributed by atoms with E-state index in [0.717, 1.165) is 116 Å². The first kappa shape index (κ1) is 93.5. The van der Waals surface area contributed by atoms with Crippen molar-refractivity contribution in [2.45, 2.75) is 406 Å². The van der Waals surface area contributed by atoms with Crippen molar-refractivity contribution in [3.8, 4) is 0 Å². The highest BCUT2D eigenvalue weighted by molar-refractivity contribution is 7.47. The summed E-state index contributed by atoms with van der Waals surface area (Å²) in [6, 6.07) is 0. The Labute approximate surface area is 586 Å². The van der Waals surface area contributed by atoms with Crippen molar-refractivity contribution in [1.29, 1.82) is 0 Å². The van der Waals surface area contributed by atoms with Crippen LogP contribution < -0.4 is 0 Å². The summed E-state index contributed by atoms with van der Waals surface area (Å²) in [6.07, 6.45) is 64.4. The van der Waals surface area contributed by atoms with Gasteiger partial charge in [-0.25, -0.2) is 9.13 Å². The van der Waals surface area contributed by atoms with E-state index in [1.165, 1.54) is 193 Å². The van der Waals surface area contributed by atoms with Crippen LogP contribution in [0.25, 0.3) is 0 Å². The van der Waals surface area contributed by atoms with Gasteiger partial charge in [0.25, 0.3) is 0 Å². The normalized spacial score (nSPS) is 14.0. The quantitative estimate of drug-likeness (QED) is 0.0169. The summed E-state index contributed by atoms with van der Waals surface area (Å²) in [7, 11) is -9.92. The second kappa shape index (κ2) is 71.0. The molecule has 0 saturated carbocycles. The third-order valence-electron chi connectivity index (χ3n) is 17.4. The molecule has 5 atom stereocenters. The zero-order valence-corrected chi connectivity index (χ0v) is 63.6. The van der Waals surface area contributed by atoms with Gasteiger partial charge in [-0.3, -0.25) is 37.3 Å². The minimum Gasteiger partial charge on any atom is -0.462 e. The predicted molar refractivity (Wildman–Crippen MR) is 391 cm³/mol. The molecule has 96 heavy (non-hydrogen) atoms. The van der Waals surface area contributed by atoms with Crippen LogP contribution in [0.5, 0.6) is 0 Å². The van der Waals surface area contributed by atoms with Gasteiger partial charge >= 0.3 is 39.5 Å². The first-order valence-corrected chi connectivity index (χ1v) is 42.6. The summed E-state index contributed by atoms with van der Waals surface area (Å²) in [4.78, 5) is 72.9. The monoisotopic (exact) mass is 1410 g/mol. The molecule has 566 valence electrons. The maximum Gasteiger partial charge on any atom is 0.472 e. The molecule has 0 amide bonds. The van der Waals surface area contributed by atoms with Crippen molar-refractivity contribution in [1.82, 2.24) is 0 Å². The number of aliphatic hydroxyl groups excluding tert-OH is 1. The van der Waals surface area contributed by atoms with Gasteiger partial charge in [-0.2, -0.15) is 0 Å². The number of ether oxygens (including phenoxy) is 4. The van der Waals surface area contributed by atoms with E-state index in [9.17, 15) is 43.2 Å². The molecule has 0 aliphatic carbocycles. The first-order chi connectivity index (χ1) is 46.7. The number of hydrogen-bond donors (Lipinski definition) is 3. The minimum absolute atomic E-state index is 0.0872. The highest BCUT2D eigenvalue weighted by atomic mass is 31.2. The lowest BCUT2D eigenvalue weighted by Crippen LogP contribution is -2.30. The molecule has 0 bridgehead atoms. The molecule has 0 radical (unpaired) electrons. The van der Waals surface area contributed by atoms with Crippen molar-refractivity contribution in [2.75, 3.05) is 39.6 Å². The number of unbranched alkanes of at least 4 members (excludes halogenated alkanes) is 46. The lowest BCUT2D eigenvalue weighted by Gasteiger charge is -2.21. The molecule has 17 nitrogen and oxygen atoms in total. The lowest BCUT2D eigenvalue weighted by atomic mass is 10.0. The van der Waals surface area contributed by atoms with Crippen molar-refractivity contribution in [3.63, 3.8) is 0 Å². The van der Waals surface area contributed by atoms with E-state index in [-0.39, 0.29) is 25.7 Å². The molecule has 3 N–H and O–H groups in total. The number of carbonyl (C=O) groups is 4. The Hall–Kier alpha value is -2.46. The summed E-state index contributed by atoms with van der Waals surface area (Å²) >= 11 is 0. The zero-order chi connectivity index (χ0) is 70.4. The minimum atomic E-state index is -4.96. The van der Waals surface area contributed by atoms with Crippen LogP contribution in [0.2, 0.25) is 0 Å². The second-order valence-corrected chi connectivity index (χ2v) is 29.9. The van der Waals surface area contributed by atoms with E-state index in [0.29, 0.717) is 25.7 Å².